The molecule has 0 bridgehead atoms. The molecule has 390 valence electrons. The highest BCUT2D eigenvalue weighted by molar-refractivity contribution is 8.00. The fourth-order valence-corrected chi connectivity index (χ4v) is 11.9. The normalized spacial score (nSPS) is 10.6. The Morgan fingerprint density at radius 3 is 1.14 bits per heavy atom. The molecule has 0 saturated heterocycles. The first-order valence-corrected chi connectivity index (χ1v) is 28.3. The Morgan fingerprint density at radius 1 is 0.355 bits per heavy atom. The number of phenols is 3. The minimum Gasteiger partial charge on any atom is -0.504 e. The van der Waals surface area contributed by atoms with Crippen molar-refractivity contribution in [1.82, 2.24) is 0 Å². The summed E-state index contributed by atoms with van der Waals surface area (Å²) in [5, 5.41) is 43.3. The van der Waals surface area contributed by atoms with Crippen LogP contribution < -0.4 is 20.7 Å². The summed E-state index contributed by atoms with van der Waals surface area (Å²) in [7, 11) is 1.65. The Balaban J connectivity index is 0.000000166. The van der Waals surface area contributed by atoms with E-state index in [9.17, 15) is 15.3 Å². The van der Waals surface area contributed by atoms with Crippen molar-refractivity contribution in [1.29, 1.82) is 0 Å². The topological polar surface area (TPSA) is 106 Å². The molecule has 7 nitrogen and oxygen atoms in total. The zero-order chi connectivity index (χ0) is 54.1. The van der Waals surface area contributed by atoms with Crippen LogP contribution >= 0.6 is 128 Å². The van der Waals surface area contributed by atoms with Crippen molar-refractivity contribution in [3.63, 3.8) is 0 Å². The molecule has 0 aliphatic heterocycles. The van der Waals surface area contributed by atoms with Crippen LogP contribution in [0.4, 0.5) is 17.1 Å². The zero-order valence-corrected chi connectivity index (χ0v) is 48.4. The van der Waals surface area contributed by atoms with E-state index in [1.165, 1.54) is 18.2 Å². The van der Waals surface area contributed by atoms with Crippen LogP contribution in [0.25, 0.3) is 0 Å². The Bertz CT molecular complexity index is 3410. The lowest BCUT2D eigenvalue weighted by Crippen LogP contribution is -2.01. The molecule has 9 aromatic carbocycles. The summed E-state index contributed by atoms with van der Waals surface area (Å²) >= 11 is 53.2. The lowest BCUT2D eigenvalue weighted by Gasteiger charge is -2.13. The first-order chi connectivity index (χ1) is 36.6. The molecule has 18 heteroatoms. The van der Waals surface area contributed by atoms with Gasteiger partial charge in [0.1, 0.15) is 5.75 Å². The van der Waals surface area contributed by atoms with Crippen LogP contribution in [0.2, 0.25) is 40.2 Å². The third-order valence-corrected chi connectivity index (χ3v) is 16.4. The van der Waals surface area contributed by atoms with Gasteiger partial charge in [-0.1, -0.05) is 201 Å². The molecule has 0 amide bonds. The van der Waals surface area contributed by atoms with Gasteiger partial charge in [0.05, 0.1) is 44.3 Å². The lowest BCUT2D eigenvalue weighted by atomic mass is 10.2. The van der Waals surface area contributed by atoms with Gasteiger partial charge >= 0.3 is 0 Å². The summed E-state index contributed by atoms with van der Waals surface area (Å²) in [5.74, 6) is 0.808. The van der Waals surface area contributed by atoms with Crippen molar-refractivity contribution in [3.05, 3.63) is 239 Å². The molecule has 9 rings (SSSR count). The second-order valence-electron chi connectivity index (χ2n) is 16.1. The quantitative estimate of drug-likeness (QED) is 0.0524. The van der Waals surface area contributed by atoms with E-state index in [0.717, 1.165) is 56.8 Å². The Kier molecular flexibility index (Phi) is 22.4. The van der Waals surface area contributed by atoms with Gasteiger partial charge in [0.15, 0.2) is 17.2 Å². The number of benzene rings is 9. The first kappa shape index (κ1) is 58.6. The van der Waals surface area contributed by atoms with Crippen LogP contribution in [0, 0.1) is 0 Å². The Labute approximate surface area is 494 Å². The third kappa shape index (κ3) is 17.2. The summed E-state index contributed by atoms with van der Waals surface area (Å²) in [5.41, 5.74) is 4.76. The van der Waals surface area contributed by atoms with E-state index in [1.54, 1.807) is 60.6 Å². The van der Waals surface area contributed by atoms with E-state index >= 15 is 0 Å². The van der Waals surface area contributed by atoms with E-state index in [0.29, 0.717) is 56.8 Å². The summed E-state index contributed by atoms with van der Waals surface area (Å²) in [6.45, 7) is 1.56. The fourth-order valence-electron chi connectivity index (χ4n) is 7.00. The molecular formula is C58H45Cl8N3O4S3. The molecule has 0 aromatic heterocycles. The first-order valence-electron chi connectivity index (χ1n) is 22.8. The number of rotatable bonds is 16. The van der Waals surface area contributed by atoms with E-state index in [4.69, 9.17) is 97.5 Å². The standard InChI is InChI=1S/C20H17Cl2NO2S.2C19H14Cl3NOS/c1-25-15-6-8-16(9-7-15)26-19-5-3-2-4-13(19)12-23-18-11-14(21)10-17(22)20(18)24;20-13-9-15(22)19(24)16(10-13)23-11-12-5-1-3-7-17(12)25-18-8-4-2-6-14(18)21;20-13-5-3-6-15(8-13)25-18-7-2-1-4-12(18)11-23-17-10-14(21)9-16(22)19(17)24/h2-11,23-24H,12H2,1H3;2*1-10,23-24H,11H2. The smallest absolute Gasteiger partial charge is 0.157 e. The van der Waals surface area contributed by atoms with Crippen molar-refractivity contribution in [3.8, 4) is 23.0 Å². The molecule has 6 N–H and O–H groups in total. The number of ether oxygens (including phenoxy) is 1. The van der Waals surface area contributed by atoms with Crippen molar-refractivity contribution in [2.75, 3.05) is 23.1 Å². The SMILES string of the molecule is COc1ccc(Sc2ccccc2CNc2cc(Cl)cc(Cl)c2O)cc1.Oc1c(Cl)cc(Cl)cc1NCc1ccccc1Sc1cccc(Cl)c1.Oc1c(Cl)cc(Cl)cc1NCc1ccccc1Sc1ccccc1Cl. The van der Waals surface area contributed by atoms with Crippen LogP contribution in [0.1, 0.15) is 16.7 Å². The number of phenolic OH excluding ortho intramolecular Hbond substituents is 3. The van der Waals surface area contributed by atoms with Crippen LogP contribution in [-0.4, -0.2) is 22.4 Å². The summed E-state index contributed by atoms with van der Waals surface area (Å²) in [4.78, 5) is 6.48. The monoisotopic (exact) mass is 1220 g/mol. The average molecular weight is 1230 g/mol. The molecule has 9 aromatic rings. The van der Waals surface area contributed by atoms with Crippen LogP contribution in [0.15, 0.2) is 211 Å². The second kappa shape index (κ2) is 29.1. The third-order valence-electron chi connectivity index (χ3n) is 10.8. The van der Waals surface area contributed by atoms with Gasteiger partial charge in [-0.15, -0.1) is 0 Å². The molecule has 0 heterocycles. The van der Waals surface area contributed by atoms with Gasteiger partial charge in [0.2, 0.25) is 0 Å². The lowest BCUT2D eigenvalue weighted by molar-refractivity contribution is 0.414. The summed E-state index contributed by atoms with van der Waals surface area (Å²) in [6.07, 6.45) is 0. The van der Waals surface area contributed by atoms with Crippen LogP contribution in [-0.2, 0) is 19.6 Å². The Morgan fingerprint density at radius 2 is 0.737 bits per heavy atom. The van der Waals surface area contributed by atoms with Gasteiger partial charge < -0.3 is 36.0 Å². The molecule has 0 spiro atoms. The molecule has 0 unspecified atom stereocenters. The number of methoxy groups -OCH3 is 1. The highest BCUT2D eigenvalue weighted by Crippen LogP contribution is 2.41. The number of hydrogen-bond donors (Lipinski definition) is 6. The van der Waals surface area contributed by atoms with Gasteiger partial charge in [-0.05, 0) is 126 Å². The number of anilines is 3. The predicted octanol–water partition coefficient (Wildman–Crippen LogP) is 20.7. The number of halogens is 8. The largest absolute Gasteiger partial charge is 0.504 e. The van der Waals surface area contributed by atoms with Gasteiger partial charge in [-0.2, -0.15) is 0 Å². The molecule has 0 aliphatic rings. The van der Waals surface area contributed by atoms with Gasteiger partial charge in [0.25, 0.3) is 0 Å². The van der Waals surface area contributed by atoms with E-state index in [2.05, 4.69) is 22.0 Å². The van der Waals surface area contributed by atoms with E-state index in [-0.39, 0.29) is 32.3 Å². The zero-order valence-electron chi connectivity index (χ0n) is 39.9. The fraction of sp³-hybridized carbons (Fsp3) is 0.0690. The van der Waals surface area contributed by atoms with Crippen LogP contribution in [0.5, 0.6) is 23.0 Å². The van der Waals surface area contributed by atoms with E-state index in [1.807, 2.05) is 140 Å². The number of hydrogen-bond acceptors (Lipinski definition) is 10. The van der Waals surface area contributed by atoms with Crippen LogP contribution in [0.3, 0.4) is 0 Å². The maximum absolute atomic E-state index is 10.1. The van der Waals surface area contributed by atoms with Gasteiger partial charge in [0, 0.05) is 69.1 Å². The maximum Gasteiger partial charge on any atom is 0.157 e. The van der Waals surface area contributed by atoms with Gasteiger partial charge in [-0.25, -0.2) is 0 Å². The highest BCUT2D eigenvalue weighted by atomic mass is 35.5. The van der Waals surface area contributed by atoms with E-state index < -0.39 is 0 Å². The number of nitrogens with one attached hydrogen (secondary N) is 3. The molecular weight excluding hydrogens is 1180 g/mol. The van der Waals surface area contributed by atoms with Crippen molar-refractivity contribution in [2.24, 2.45) is 0 Å². The second-order valence-corrected chi connectivity index (χ2v) is 22.8. The summed E-state index contributed by atoms with van der Waals surface area (Å²) in [6, 6.07) is 57.0. The van der Waals surface area contributed by atoms with Crippen molar-refractivity contribution < 1.29 is 20.1 Å². The number of aromatic hydroxyl groups is 3. The summed E-state index contributed by atoms with van der Waals surface area (Å²) < 4.78 is 5.20. The molecule has 0 radical (unpaired) electrons. The Hall–Kier alpha value is -5.05. The minimum atomic E-state index is -0.0118. The molecule has 0 fully saturated rings. The van der Waals surface area contributed by atoms with Crippen molar-refractivity contribution >= 4 is 145 Å². The molecule has 0 atom stereocenters. The predicted molar refractivity (Wildman–Crippen MR) is 324 cm³/mol. The van der Waals surface area contributed by atoms with Crippen molar-refractivity contribution in [2.45, 2.75) is 49.0 Å². The maximum atomic E-state index is 10.1. The minimum absolute atomic E-state index is 0.00337. The molecule has 0 saturated carbocycles. The molecule has 76 heavy (non-hydrogen) atoms. The van der Waals surface area contributed by atoms with Gasteiger partial charge in [-0.3, -0.25) is 0 Å². The average Bonchev–Trinajstić information content (AvgIpc) is 3.40. The highest BCUT2D eigenvalue weighted by Gasteiger charge is 2.14. The molecule has 0 aliphatic carbocycles.